The van der Waals surface area contributed by atoms with E-state index < -0.39 is 6.03 Å². The van der Waals surface area contributed by atoms with E-state index in [1.54, 1.807) is 37.4 Å². The molecule has 0 saturated heterocycles. The van der Waals surface area contributed by atoms with Crippen LogP contribution in [0.2, 0.25) is 0 Å². The van der Waals surface area contributed by atoms with Gasteiger partial charge in [-0.2, -0.15) is 0 Å². The van der Waals surface area contributed by atoms with E-state index >= 15 is 0 Å². The van der Waals surface area contributed by atoms with E-state index in [1.807, 2.05) is 34.6 Å². The molecule has 1 aliphatic heterocycles. The van der Waals surface area contributed by atoms with E-state index in [1.165, 1.54) is 0 Å². The molecule has 1 aromatic carbocycles. The van der Waals surface area contributed by atoms with E-state index in [2.05, 4.69) is 31.4 Å². The fourth-order valence-electron chi connectivity index (χ4n) is 3.91. The monoisotopic (exact) mass is 476 g/mol. The van der Waals surface area contributed by atoms with Crippen LogP contribution in [-0.2, 0) is 10.2 Å². The van der Waals surface area contributed by atoms with Crippen LogP contribution in [0.3, 0.4) is 0 Å². The Morgan fingerprint density at radius 2 is 1.86 bits per heavy atom. The predicted octanol–water partition coefficient (Wildman–Crippen LogP) is 4.41. The van der Waals surface area contributed by atoms with Crippen molar-refractivity contribution in [3.05, 3.63) is 58.1 Å². The molecule has 2 aromatic heterocycles. The van der Waals surface area contributed by atoms with Crippen molar-refractivity contribution in [2.24, 2.45) is 0 Å². The first kappa shape index (κ1) is 23.8. The molecule has 4 rings (SSSR count). The van der Waals surface area contributed by atoms with Gasteiger partial charge >= 0.3 is 6.03 Å². The summed E-state index contributed by atoms with van der Waals surface area (Å²) in [5, 5.41) is 14.7. The van der Waals surface area contributed by atoms with E-state index in [4.69, 9.17) is 4.52 Å². The molecular formula is C25H28N6O4. The molecule has 0 saturated carbocycles. The van der Waals surface area contributed by atoms with Gasteiger partial charge in [-0.1, -0.05) is 32.0 Å². The molecule has 0 atom stereocenters. The van der Waals surface area contributed by atoms with Gasteiger partial charge in [0.25, 0.3) is 11.8 Å². The van der Waals surface area contributed by atoms with Crippen molar-refractivity contribution in [3.8, 4) is 0 Å². The highest BCUT2D eigenvalue weighted by Gasteiger charge is 2.26. The maximum absolute atomic E-state index is 12.7. The Labute approximate surface area is 202 Å². The number of nitrogens with zero attached hydrogens (tertiary/aromatic N) is 1. The van der Waals surface area contributed by atoms with Crippen LogP contribution in [0.4, 0.5) is 22.0 Å². The summed E-state index contributed by atoms with van der Waals surface area (Å²) in [7, 11) is 1.58. The largest absolute Gasteiger partial charge is 0.359 e. The van der Waals surface area contributed by atoms with Crippen molar-refractivity contribution in [1.82, 2.24) is 15.5 Å². The summed E-state index contributed by atoms with van der Waals surface area (Å²) < 4.78 is 5.28. The van der Waals surface area contributed by atoms with Crippen LogP contribution in [0.5, 0.6) is 0 Å². The number of hydrogen-bond donors (Lipinski definition) is 5. The Bertz CT molecular complexity index is 1370. The Balaban J connectivity index is 1.53. The van der Waals surface area contributed by atoms with Gasteiger partial charge in [0.1, 0.15) is 5.76 Å². The number of amides is 4. The second-order valence-electron chi connectivity index (χ2n) is 9.42. The number of aromatic amines is 1. The molecule has 10 nitrogen and oxygen atoms in total. The number of carbonyl (C=O) groups is 3. The highest BCUT2D eigenvalue weighted by molar-refractivity contribution is 6.35. The van der Waals surface area contributed by atoms with Crippen LogP contribution in [0.15, 0.2) is 28.8 Å². The molecule has 182 valence electrons. The van der Waals surface area contributed by atoms with Crippen LogP contribution >= 0.6 is 0 Å². The standard InChI is InChI=1S/C25H28N6O4/c1-12-17(27-13(2)21(12)23(33)26-6)10-16-15-8-7-14(9-18(15)29-22(16)32)28-24(34)30-20-11-19(35-31-20)25(3,4)5/h7-11,27H,1-6H3,(H,26,33)(H,29,32)(H2,28,30,31,34). The maximum atomic E-state index is 12.7. The fraction of sp³-hybridized carbons (Fsp3) is 0.280. The van der Waals surface area contributed by atoms with Crippen LogP contribution < -0.4 is 21.3 Å². The number of nitrogens with one attached hydrogen (secondary N) is 5. The molecular weight excluding hydrogens is 448 g/mol. The van der Waals surface area contributed by atoms with E-state index in [0.29, 0.717) is 45.3 Å². The maximum Gasteiger partial charge on any atom is 0.324 e. The SMILES string of the molecule is CNC(=O)c1c(C)[nH]c(C=C2C(=O)Nc3cc(NC(=O)Nc4cc(C(C)(C)C)on4)ccc32)c1C. The molecule has 4 amide bonds. The number of aryl methyl sites for hydroxylation is 1. The van der Waals surface area contributed by atoms with Crippen LogP contribution in [-0.4, -0.2) is 35.0 Å². The summed E-state index contributed by atoms with van der Waals surface area (Å²) in [4.78, 5) is 40.5. The molecule has 0 spiro atoms. The highest BCUT2D eigenvalue weighted by Crippen LogP contribution is 2.36. The normalized spacial score (nSPS) is 14.0. The van der Waals surface area contributed by atoms with Crippen molar-refractivity contribution < 1.29 is 18.9 Å². The first-order chi connectivity index (χ1) is 16.5. The topological polar surface area (TPSA) is 141 Å². The molecule has 3 aromatic rings. The summed E-state index contributed by atoms with van der Waals surface area (Å²) >= 11 is 0. The predicted molar refractivity (Wildman–Crippen MR) is 134 cm³/mol. The minimum atomic E-state index is -0.488. The van der Waals surface area contributed by atoms with Gasteiger partial charge in [0, 0.05) is 41.2 Å². The molecule has 1 aliphatic rings. The molecule has 10 heteroatoms. The number of aromatic nitrogens is 2. The summed E-state index contributed by atoms with van der Waals surface area (Å²) in [6.45, 7) is 9.60. The molecule has 0 aliphatic carbocycles. The average Bonchev–Trinajstić information content (AvgIpc) is 3.44. The van der Waals surface area contributed by atoms with Crippen LogP contribution in [0.1, 0.15) is 59.4 Å². The zero-order chi connectivity index (χ0) is 25.5. The molecule has 35 heavy (non-hydrogen) atoms. The third kappa shape index (κ3) is 4.68. The summed E-state index contributed by atoms with van der Waals surface area (Å²) in [6.07, 6.45) is 1.73. The first-order valence-corrected chi connectivity index (χ1v) is 11.1. The quantitative estimate of drug-likeness (QED) is 0.355. The van der Waals surface area contributed by atoms with Crippen molar-refractivity contribution in [2.45, 2.75) is 40.0 Å². The number of fused-ring (bicyclic) bond motifs is 1. The molecule has 0 unspecified atom stereocenters. The summed E-state index contributed by atoms with van der Waals surface area (Å²) in [5.41, 5.74) is 4.72. The minimum Gasteiger partial charge on any atom is -0.359 e. The third-order valence-corrected chi connectivity index (χ3v) is 5.77. The van der Waals surface area contributed by atoms with Crippen molar-refractivity contribution >= 4 is 46.7 Å². The zero-order valence-corrected chi connectivity index (χ0v) is 20.5. The average molecular weight is 477 g/mol. The Hall–Kier alpha value is -4.34. The van der Waals surface area contributed by atoms with Gasteiger partial charge in [0.05, 0.1) is 16.8 Å². The fourth-order valence-corrected chi connectivity index (χ4v) is 3.91. The Kier molecular flexibility index (Phi) is 5.98. The lowest BCUT2D eigenvalue weighted by Gasteiger charge is -2.12. The van der Waals surface area contributed by atoms with E-state index in [-0.39, 0.29) is 17.2 Å². The zero-order valence-electron chi connectivity index (χ0n) is 20.5. The van der Waals surface area contributed by atoms with Gasteiger partial charge in [-0.15, -0.1) is 0 Å². The lowest BCUT2D eigenvalue weighted by atomic mass is 9.93. The van der Waals surface area contributed by atoms with Crippen LogP contribution in [0.25, 0.3) is 11.6 Å². The van der Waals surface area contributed by atoms with Gasteiger partial charge in [-0.25, -0.2) is 4.79 Å². The van der Waals surface area contributed by atoms with Crippen molar-refractivity contribution in [2.75, 3.05) is 23.0 Å². The first-order valence-electron chi connectivity index (χ1n) is 11.1. The molecule has 0 bridgehead atoms. The Morgan fingerprint density at radius 1 is 1.11 bits per heavy atom. The minimum absolute atomic E-state index is 0.189. The second kappa shape index (κ2) is 8.79. The van der Waals surface area contributed by atoms with Crippen LogP contribution in [0, 0.1) is 13.8 Å². The van der Waals surface area contributed by atoms with Crippen molar-refractivity contribution in [1.29, 1.82) is 0 Å². The molecule has 5 N–H and O–H groups in total. The lowest BCUT2D eigenvalue weighted by Crippen LogP contribution is -2.19. The summed E-state index contributed by atoms with van der Waals surface area (Å²) in [6, 6.07) is 6.34. The van der Waals surface area contributed by atoms with Crippen molar-refractivity contribution in [3.63, 3.8) is 0 Å². The number of H-pyrrole nitrogens is 1. The number of benzene rings is 1. The third-order valence-electron chi connectivity index (χ3n) is 5.77. The molecule has 0 radical (unpaired) electrons. The van der Waals surface area contributed by atoms with Gasteiger partial charge < -0.3 is 25.5 Å². The number of anilines is 3. The van der Waals surface area contributed by atoms with Gasteiger partial charge in [0.2, 0.25) is 0 Å². The molecule has 3 heterocycles. The highest BCUT2D eigenvalue weighted by atomic mass is 16.5. The number of rotatable bonds is 4. The Morgan fingerprint density at radius 3 is 2.51 bits per heavy atom. The van der Waals surface area contributed by atoms with Gasteiger partial charge in [-0.05, 0) is 37.6 Å². The van der Waals surface area contributed by atoms with Gasteiger partial charge in [0.15, 0.2) is 5.82 Å². The number of hydrogen-bond acceptors (Lipinski definition) is 5. The number of urea groups is 1. The van der Waals surface area contributed by atoms with E-state index in [0.717, 1.165) is 11.3 Å². The smallest absolute Gasteiger partial charge is 0.324 e. The van der Waals surface area contributed by atoms with Gasteiger partial charge in [-0.3, -0.25) is 14.9 Å². The second-order valence-corrected chi connectivity index (χ2v) is 9.42. The summed E-state index contributed by atoms with van der Waals surface area (Å²) in [5.74, 6) is 0.501. The lowest BCUT2D eigenvalue weighted by molar-refractivity contribution is -0.110. The van der Waals surface area contributed by atoms with E-state index in [9.17, 15) is 14.4 Å². The number of carbonyl (C=O) groups excluding carboxylic acids is 3. The molecule has 0 fully saturated rings.